The molecule has 1 aromatic heterocycles. The number of rotatable bonds is 5. The van der Waals surface area contributed by atoms with E-state index < -0.39 is 10.0 Å². The quantitative estimate of drug-likeness (QED) is 0.838. The second-order valence-electron chi connectivity index (χ2n) is 5.92. The lowest BCUT2D eigenvalue weighted by Gasteiger charge is -2.31. The third kappa shape index (κ3) is 4.00. The monoisotopic (exact) mass is 376 g/mol. The smallest absolute Gasteiger partial charge is 0.271 e. The predicted molar refractivity (Wildman–Crippen MR) is 94.3 cm³/mol. The molecule has 0 unspecified atom stereocenters. The Morgan fingerprint density at radius 2 is 1.88 bits per heavy atom. The lowest BCUT2D eigenvalue weighted by Crippen LogP contribution is -2.46. The highest BCUT2D eigenvalue weighted by molar-refractivity contribution is 7.89. The van der Waals surface area contributed by atoms with Crippen LogP contribution in [0.4, 0.5) is 0 Å². The van der Waals surface area contributed by atoms with Crippen molar-refractivity contribution in [3.63, 3.8) is 0 Å². The van der Waals surface area contributed by atoms with Crippen molar-refractivity contribution in [2.75, 3.05) is 20.2 Å². The lowest BCUT2D eigenvalue weighted by molar-refractivity contribution is 0.0918. The van der Waals surface area contributed by atoms with Crippen molar-refractivity contribution in [3.8, 4) is 5.75 Å². The van der Waals surface area contributed by atoms with Crippen LogP contribution in [0.3, 0.4) is 0 Å². The number of aromatic nitrogens is 2. The zero-order chi connectivity index (χ0) is 18.6. The Balaban J connectivity index is 1.59. The summed E-state index contributed by atoms with van der Waals surface area (Å²) in [5.41, 5.74) is 0.251. The maximum Gasteiger partial charge on any atom is 0.271 e. The Kier molecular flexibility index (Phi) is 5.48. The Hall–Kier alpha value is -2.52. The minimum atomic E-state index is -3.55. The summed E-state index contributed by atoms with van der Waals surface area (Å²) in [4.78, 5) is 20.2. The molecule has 1 N–H and O–H groups in total. The van der Waals surface area contributed by atoms with Gasteiger partial charge in [0.15, 0.2) is 0 Å². The molecule has 0 bridgehead atoms. The number of carbonyl (C=O) groups excluding carboxylic acids is 1. The van der Waals surface area contributed by atoms with Gasteiger partial charge in [0.1, 0.15) is 11.4 Å². The number of nitrogens with zero attached hydrogens (tertiary/aromatic N) is 3. The molecule has 0 atom stereocenters. The average molecular weight is 376 g/mol. The zero-order valence-electron chi connectivity index (χ0n) is 14.3. The first-order valence-corrected chi connectivity index (χ1v) is 9.66. The number of amides is 1. The van der Waals surface area contributed by atoms with Gasteiger partial charge in [-0.25, -0.2) is 13.4 Å². The first-order chi connectivity index (χ1) is 12.5. The topological polar surface area (TPSA) is 101 Å². The van der Waals surface area contributed by atoms with E-state index in [-0.39, 0.29) is 22.5 Å². The fraction of sp³-hybridized carbons (Fsp3) is 0.353. The van der Waals surface area contributed by atoms with Crippen molar-refractivity contribution in [1.82, 2.24) is 19.6 Å². The summed E-state index contributed by atoms with van der Waals surface area (Å²) in [6.45, 7) is 0.694. The summed E-state index contributed by atoms with van der Waals surface area (Å²) in [5.74, 6) is 0.309. The maximum absolute atomic E-state index is 12.7. The molecule has 1 amide bonds. The van der Waals surface area contributed by atoms with E-state index >= 15 is 0 Å². The van der Waals surface area contributed by atoms with Gasteiger partial charge in [-0.2, -0.15) is 4.31 Å². The van der Waals surface area contributed by atoms with E-state index in [1.54, 1.807) is 12.1 Å². The van der Waals surface area contributed by atoms with Crippen LogP contribution >= 0.6 is 0 Å². The SMILES string of the molecule is COc1ccc(S(=O)(=O)N2CCC(NC(=O)c3cnccn3)CC2)cc1. The number of carbonyl (C=O) groups is 1. The van der Waals surface area contributed by atoms with Crippen molar-refractivity contribution < 1.29 is 17.9 Å². The molecule has 1 saturated heterocycles. The highest BCUT2D eigenvalue weighted by Crippen LogP contribution is 2.22. The van der Waals surface area contributed by atoms with Crippen LogP contribution in [0.25, 0.3) is 0 Å². The first-order valence-electron chi connectivity index (χ1n) is 8.22. The molecule has 26 heavy (non-hydrogen) atoms. The fourth-order valence-electron chi connectivity index (χ4n) is 2.81. The molecular weight excluding hydrogens is 356 g/mol. The Bertz CT molecular complexity index is 848. The molecule has 1 fully saturated rings. The van der Waals surface area contributed by atoms with E-state index in [9.17, 15) is 13.2 Å². The van der Waals surface area contributed by atoms with Crippen molar-refractivity contribution in [2.45, 2.75) is 23.8 Å². The van der Waals surface area contributed by atoms with Crippen LogP contribution in [0.2, 0.25) is 0 Å². The van der Waals surface area contributed by atoms with Gasteiger partial charge in [-0.1, -0.05) is 0 Å². The Labute approximate surface area is 152 Å². The molecule has 0 saturated carbocycles. The van der Waals surface area contributed by atoms with Gasteiger partial charge >= 0.3 is 0 Å². The molecule has 2 aromatic rings. The largest absolute Gasteiger partial charge is 0.497 e. The molecule has 0 aliphatic carbocycles. The third-order valence-electron chi connectivity index (χ3n) is 4.28. The van der Waals surface area contributed by atoms with Gasteiger partial charge in [0, 0.05) is 31.5 Å². The van der Waals surface area contributed by atoms with Gasteiger partial charge in [-0.15, -0.1) is 0 Å². The van der Waals surface area contributed by atoms with Crippen molar-refractivity contribution in [3.05, 3.63) is 48.5 Å². The summed E-state index contributed by atoms with van der Waals surface area (Å²) < 4.78 is 31.9. The summed E-state index contributed by atoms with van der Waals surface area (Å²) in [7, 11) is -2.02. The second kappa shape index (κ2) is 7.79. The van der Waals surface area contributed by atoms with Crippen LogP contribution in [0.1, 0.15) is 23.3 Å². The second-order valence-corrected chi connectivity index (χ2v) is 7.86. The van der Waals surface area contributed by atoms with Gasteiger partial charge in [0.05, 0.1) is 18.2 Å². The molecule has 0 spiro atoms. The number of methoxy groups -OCH3 is 1. The number of sulfonamides is 1. The van der Waals surface area contributed by atoms with E-state index in [2.05, 4.69) is 15.3 Å². The molecular formula is C17H20N4O4S. The number of hydrogen-bond donors (Lipinski definition) is 1. The van der Waals surface area contributed by atoms with E-state index in [0.29, 0.717) is 31.7 Å². The summed E-state index contributed by atoms with van der Waals surface area (Å²) in [6, 6.07) is 6.24. The van der Waals surface area contributed by atoms with E-state index in [1.807, 2.05) is 0 Å². The summed E-state index contributed by atoms with van der Waals surface area (Å²) >= 11 is 0. The van der Waals surface area contributed by atoms with Crippen molar-refractivity contribution >= 4 is 15.9 Å². The lowest BCUT2D eigenvalue weighted by atomic mass is 10.1. The summed E-state index contributed by atoms with van der Waals surface area (Å²) in [5, 5.41) is 2.88. The Morgan fingerprint density at radius 1 is 1.19 bits per heavy atom. The van der Waals surface area contributed by atoms with Crippen LogP contribution in [0.5, 0.6) is 5.75 Å². The minimum Gasteiger partial charge on any atom is -0.497 e. The van der Waals surface area contributed by atoms with Crippen LogP contribution < -0.4 is 10.1 Å². The fourth-order valence-corrected chi connectivity index (χ4v) is 4.28. The van der Waals surface area contributed by atoms with Crippen LogP contribution in [-0.2, 0) is 10.0 Å². The number of nitrogens with one attached hydrogen (secondary N) is 1. The molecule has 8 nitrogen and oxygen atoms in total. The van der Waals surface area contributed by atoms with E-state index in [4.69, 9.17) is 4.74 Å². The normalized spacial score (nSPS) is 16.2. The number of ether oxygens (including phenoxy) is 1. The highest BCUT2D eigenvalue weighted by Gasteiger charge is 2.30. The van der Waals surface area contributed by atoms with Crippen LogP contribution in [0, 0.1) is 0 Å². The molecule has 9 heteroatoms. The Morgan fingerprint density at radius 3 is 2.46 bits per heavy atom. The first kappa shape index (κ1) is 18.3. The summed E-state index contributed by atoms with van der Waals surface area (Å²) in [6.07, 6.45) is 5.44. The minimum absolute atomic E-state index is 0.0909. The third-order valence-corrected chi connectivity index (χ3v) is 6.20. The van der Waals surface area contributed by atoms with Crippen molar-refractivity contribution in [2.24, 2.45) is 0 Å². The molecule has 1 aromatic carbocycles. The van der Waals surface area contributed by atoms with Crippen LogP contribution in [-0.4, -0.2) is 54.8 Å². The molecule has 1 aliphatic heterocycles. The van der Waals surface area contributed by atoms with Crippen molar-refractivity contribution in [1.29, 1.82) is 0 Å². The number of hydrogen-bond acceptors (Lipinski definition) is 6. The molecule has 138 valence electrons. The van der Waals surface area contributed by atoms with Crippen LogP contribution in [0.15, 0.2) is 47.8 Å². The van der Waals surface area contributed by atoms with Gasteiger partial charge in [-0.3, -0.25) is 9.78 Å². The van der Waals surface area contributed by atoms with Gasteiger partial charge in [0.2, 0.25) is 10.0 Å². The van der Waals surface area contributed by atoms with E-state index in [0.717, 1.165) is 0 Å². The van der Waals surface area contributed by atoms with Gasteiger partial charge < -0.3 is 10.1 Å². The molecule has 2 heterocycles. The van der Waals surface area contributed by atoms with Gasteiger partial charge in [-0.05, 0) is 37.1 Å². The molecule has 3 rings (SSSR count). The molecule has 1 aliphatic rings. The zero-order valence-corrected chi connectivity index (χ0v) is 15.1. The standard InChI is InChI=1S/C17H20N4O4S/c1-25-14-2-4-15(5-3-14)26(23,24)21-10-6-13(7-11-21)20-17(22)16-12-18-8-9-19-16/h2-5,8-9,12-13H,6-7,10-11H2,1H3,(H,20,22). The number of piperidine rings is 1. The maximum atomic E-state index is 12.7. The highest BCUT2D eigenvalue weighted by atomic mass is 32.2. The number of benzene rings is 1. The average Bonchev–Trinajstić information content (AvgIpc) is 2.69. The molecule has 0 radical (unpaired) electrons. The predicted octanol–water partition coefficient (Wildman–Crippen LogP) is 1.07. The van der Waals surface area contributed by atoms with E-state index in [1.165, 1.54) is 42.1 Å². The van der Waals surface area contributed by atoms with Gasteiger partial charge in [0.25, 0.3) is 5.91 Å².